The molecule has 100 valence electrons. The Labute approximate surface area is 126 Å². The van der Waals surface area contributed by atoms with Crippen LogP contribution < -0.4 is 4.90 Å². The van der Waals surface area contributed by atoms with E-state index in [0.29, 0.717) is 4.90 Å². The second kappa shape index (κ2) is 4.62. The number of hydrogen-bond donors (Lipinski definition) is 0. The molecule has 1 heterocycles. The Kier molecular flexibility index (Phi) is 3.04. The van der Waals surface area contributed by atoms with Crippen molar-refractivity contribution in [2.24, 2.45) is 0 Å². The van der Waals surface area contributed by atoms with E-state index in [1.165, 1.54) is 12.1 Å². The van der Waals surface area contributed by atoms with Crippen LogP contribution in [0.5, 0.6) is 0 Å². The van der Waals surface area contributed by atoms with E-state index in [1.807, 2.05) is 0 Å². The molecule has 0 N–H and O–H groups in total. The minimum atomic E-state index is -0.815. The summed E-state index contributed by atoms with van der Waals surface area (Å²) < 4.78 is 27.4. The van der Waals surface area contributed by atoms with Gasteiger partial charge in [0.1, 0.15) is 17.3 Å². The third-order valence-corrected chi connectivity index (χ3v) is 4.06. The second-order valence-electron chi connectivity index (χ2n) is 4.18. The van der Waals surface area contributed by atoms with Crippen molar-refractivity contribution in [3.05, 3.63) is 62.7 Å². The standard InChI is InChI=1S/C14H6F2INO2/c15-9-5-6-10(16)12(11(9)17)18-13(19)7-3-1-2-4-8(7)14(18)20/h1-6H. The number of halogens is 3. The lowest BCUT2D eigenvalue weighted by atomic mass is 10.1. The monoisotopic (exact) mass is 385 g/mol. The molecule has 0 bridgehead atoms. The maximum absolute atomic E-state index is 13.9. The van der Waals surface area contributed by atoms with Gasteiger partial charge in [0, 0.05) is 0 Å². The van der Waals surface area contributed by atoms with E-state index in [2.05, 4.69) is 0 Å². The van der Waals surface area contributed by atoms with Gasteiger partial charge in [0.15, 0.2) is 0 Å². The number of rotatable bonds is 1. The average molecular weight is 385 g/mol. The summed E-state index contributed by atoms with van der Waals surface area (Å²) in [5.74, 6) is -2.79. The minimum absolute atomic E-state index is 0.0999. The molecule has 0 atom stereocenters. The van der Waals surface area contributed by atoms with Gasteiger partial charge >= 0.3 is 0 Å². The summed E-state index contributed by atoms with van der Waals surface area (Å²) >= 11 is 1.58. The summed E-state index contributed by atoms with van der Waals surface area (Å²) in [6, 6.07) is 8.05. The molecule has 20 heavy (non-hydrogen) atoms. The molecule has 0 fully saturated rings. The topological polar surface area (TPSA) is 37.4 Å². The summed E-state index contributed by atoms with van der Waals surface area (Å²) in [5, 5.41) is 0. The van der Waals surface area contributed by atoms with Crippen LogP contribution in [0.3, 0.4) is 0 Å². The minimum Gasteiger partial charge on any atom is -0.268 e. The van der Waals surface area contributed by atoms with Gasteiger partial charge in [0.2, 0.25) is 0 Å². The van der Waals surface area contributed by atoms with Gasteiger partial charge in [0.25, 0.3) is 11.8 Å². The Morgan fingerprint density at radius 2 is 1.35 bits per heavy atom. The van der Waals surface area contributed by atoms with E-state index in [1.54, 1.807) is 34.7 Å². The molecule has 2 amide bonds. The molecule has 1 aliphatic heterocycles. The van der Waals surface area contributed by atoms with Gasteiger partial charge in [0.05, 0.1) is 14.7 Å². The Bertz CT molecular complexity index is 726. The summed E-state index contributed by atoms with van der Waals surface area (Å²) in [6.07, 6.45) is 0. The SMILES string of the molecule is O=C1c2ccccc2C(=O)N1c1c(F)ccc(F)c1I. The quantitative estimate of drug-likeness (QED) is 0.429. The molecular formula is C14H6F2INO2. The van der Waals surface area contributed by atoms with E-state index in [-0.39, 0.29) is 20.4 Å². The number of nitrogens with zero attached hydrogens (tertiary/aromatic N) is 1. The predicted octanol–water partition coefficient (Wildman–Crippen LogP) is 3.37. The van der Waals surface area contributed by atoms with Crippen LogP contribution in [0.1, 0.15) is 20.7 Å². The number of imide groups is 1. The van der Waals surface area contributed by atoms with Gasteiger partial charge < -0.3 is 0 Å². The molecular weight excluding hydrogens is 379 g/mol. The zero-order chi connectivity index (χ0) is 14.4. The fourth-order valence-corrected chi connectivity index (χ4v) is 2.79. The maximum Gasteiger partial charge on any atom is 0.266 e. The first kappa shape index (κ1) is 13.2. The lowest BCUT2D eigenvalue weighted by molar-refractivity contribution is 0.0924. The highest BCUT2D eigenvalue weighted by Crippen LogP contribution is 2.34. The van der Waals surface area contributed by atoms with Crippen molar-refractivity contribution in [1.82, 2.24) is 0 Å². The Morgan fingerprint density at radius 1 is 0.850 bits per heavy atom. The van der Waals surface area contributed by atoms with Crippen LogP contribution in [-0.2, 0) is 0 Å². The first-order valence-electron chi connectivity index (χ1n) is 5.63. The van der Waals surface area contributed by atoms with Crippen molar-refractivity contribution >= 4 is 40.1 Å². The molecule has 2 aromatic rings. The van der Waals surface area contributed by atoms with Crippen LogP contribution >= 0.6 is 22.6 Å². The third-order valence-electron chi connectivity index (χ3n) is 3.04. The van der Waals surface area contributed by atoms with E-state index < -0.39 is 23.4 Å². The lowest BCUT2D eigenvalue weighted by Crippen LogP contribution is -2.31. The Morgan fingerprint density at radius 3 is 1.90 bits per heavy atom. The van der Waals surface area contributed by atoms with E-state index >= 15 is 0 Å². The van der Waals surface area contributed by atoms with Gasteiger partial charge in [-0.25, -0.2) is 13.7 Å². The van der Waals surface area contributed by atoms with Crippen LogP contribution in [0, 0.1) is 15.2 Å². The van der Waals surface area contributed by atoms with Crippen molar-refractivity contribution in [2.75, 3.05) is 4.90 Å². The Balaban J connectivity index is 2.22. The molecule has 0 unspecified atom stereocenters. The molecule has 0 spiro atoms. The fourth-order valence-electron chi connectivity index (χ4n) is 2.11. The number of anilines is 1. The smallest absolute Gasteiger partial charge is 0.266 e. The van der Waals surface area contributed by atoms with Crippen molar-refractivity contribution < 1.29 is 18.4 Å². The lowest BCUT2D eigenvalue weighted by Gasteiger charge is -2.16. The molecule has 2 aromatic carbocycles. The largest absolute Gasteiger partial charge is 0.268 e. The number of fused-ring (bicyclic) bond motifs is 1. The maximum atomic E-state index is 13.9. The average Bonchev–Trinajstić information content (AvgIpc) is 2.69. The number of hydrogen-bond acceptors (Lipinski definition) is 2. The number of carbonyl (C=O) groups excluding carboxylic acids is 2. The fraction of sp³-hybridized carbons (Fsp3) is 0. The van der Waals surface area contributed by atoms with E-state index in [4.69, 9.17) is 0 Å². The molecule has 3 nitrogen and oxygen atoms in total. The highest BCUT2D eigenvalue weighted by Gasteiger charge is 2.39. The van der Waals surface area contributed by atoms with Crippen molar-refractivity contribution in [3.8, 4) is 0 Å². The second-order valence-corrected chi connectivity index (χ2v) is 5.26. The summed E-state index contributed by atoms with van der Waals surface area (Å²) in [6.45, 7) is 0. The van der Waals surface area contributed by atoms with E-state index in [9.17, 15) is 18.4 Å². The van der Waals surface area contributed by atoms with Gasteiger partial charge in [-0.1, -0.05) is 12.1 Å². The summed E-state index contributed by atoms with van der Waals surface area (Å²) in [4.78, 5) is 25.2. The third kappa shape index (κ3) is 1.75. The first-order valence-corrected chi connectivity index (χ1v) is 6.71. The van der Waals surface area contributed by atoms with Crippen LogP contribution in [0.2, 0.25) is 0 Å². The molecule has 0 saturated heterocycles. The molecule has 1 aliphatic rings. The van der Waals surface area contributed by atoms with Gasteiger partial charge in [-0.15, -0.1) is 0 Å². The van der Waals surface area contributed by atoms with Gasteiger partial charge in [-0.05, 0) is 46.9 Å². The molecule has 0 radical (unpaired) electrons. The van der Waals surface area contributed by atoms with Crippen LogP contribution in [0.25, 0.3) is 0 Å². The highest BCUT2D eigenvalue weighted by molar-refractivity contribution is 14.1. The van der Waals surface area contributed by atoms with Crippen molar-refractivity contribution in [1.29, 1.82) is 0 Å². The number of benzene rings is 2. The van der Waals surface area contributed by atoms with Gasteiger partial charge in [-0.2, -0.15) is 0 Å². The predicted molar refractivity (Wildman–Crippen MR) is 76.7 cm³/mol. The normalized spacial score (nSPS) is 13.8. The van der Waals surface area contributed by atoms with Crippen LogP contribution in [-0.4, -0.2) is 11.8 Å². The highest BCUT2D eigenvalue weighted by atomic mass is 127. The molecule has 0 saturated carbocycles. The Hall–Kier alpha value is -1.83. The molecule has 3 rings (SSSR count). The molecule has 6 heteroatoms. The molecule has 0 aliphatic carbocycles. The van der Waals surface area contributed by atoms with E-state index in [0.717, 1.165) is 12.1 Å². The first-order chi connectivity index (χ1) is 9.52. The van der Waals surface area contributed by atoms with Crippen molar-refractivity contribution in [3.63, 3.8) is 0 Å². The summed E-state index contributed by atoms with van der Waals surface area (Å²) in [5.41, 5.74) is 0.0470. The number of amides is 2. The zero-order valence-corrected chi connectivity index (χ0v) is 12.0. The number of carbonyl (C=O) groups is 2. The van der Waals surface area contributed by atoms with Crippen molar-refractivity contribution in [2.45, 2.75) is 0 Å². The molecule has 0 aromatic heterocycles. The summed E-state index contributed by atoms with van der Waals surface area (Å²) in [7, 11) is 0. The van der Waals surface area contributed by atoms with Crippen LogP contribution in [0.15, 0.2) is 36.4 Å². The zero-order valence-electron chi connectivity index (χ0n) is 9.86. The van der Waals surface area contributed by atoms with Gasteiger partial charge in [-0.3, -0.25) is 9.59 Å². The van der Waals surface area contributed by atoms with Crippen LogP contribution in [0.4, 0.5) is 14.5 Å².